The second-order valence-corrected chi connectivity index (χ2v) is 7.34. The molecule has 3 rings (SSSR count). The van der Waals surface area contributed by atoms with E-state index in [1.54, 1.807) is 0 Å². The number of rotatable bonds is 5. The lowest BCUT2D eigenvalue weighted by atomic mass is 10.0. The number of amides is 2. The average molecular weight is 337 g/mol. The molecule has 3 fully saturated rings. The molecule has 1 aliphatic carbocycles. The predicted molar refractivity (Wildman–Crippen MR) is 91.6 cm³/mol. The SMILES string of the molecule is O=C(CCC1CCCC1)N1CCN(CC(=O)N2CCOCC2)CC1. The van der Waals surface area contributed by atoms with E-state index in [1.807, 2.05) is 9.80 Å². The van der Waals surface area contributed by atoms with E-state index in [1.165, 1.54) is 25.7 Å². The Labute approximate surface area is 145 Å². The largest absolute Gasteiger partial charge is 0.378 e. The zero-order chi connectivity index (χ0) is 16.8. The van der Waals surface area contributed by atoms with Gasteiger partial charge in [0.15, 0.2) is 0 Å². The highest BCUT2D eigenvalue weighted by Crippen LogP contribution is 2.28. The molecule has 0 bridgehead atoms. The number of piperazine rings is 1. The molecule has 0 aromatic rings. The first-order chi connectivity index (χ1) is 11.7. The van der Waals surface area contributed by atoms with Crippen molar-refractivity contribution in [3.63, 3.8) is 0 Å². The first-order valence-corrected chi connectivity index (χ1v) is 9.58. The molecule has 136 valence electrons. The van der Waals surface area contributed by atoms with Crippen LogP contribution >= 0.6 is 0 Å². The molecule has 24 heavy (non-hydrogen) atoms. The second kappa shape index (κ2) is 8.81. The van der Waals surface area contributed by atoms with Crippen molar-refractivity contribution < 1.29 is 14.3 Å². The van der Waals surface area contributed by atoms with E-state index in [0.717, 1.165) is 38.5 Å². The Kier molecular flexibility index (Phi) is 6.49. The fraction of sp³-hybridized carbons (Fsp3) is 0.889. The summed E-state index contributed by atoms with van der Waals surface area (Å²) in [7, 11) is 0. The molecule has 0 atom stereocenters. The van der Waals surface area contributed by atoms with Gasteiger partial charge in [-0.25, -0.2) is 0 Å². The van der Waals surface area contributed by atoms with Crippen LogP contribution in [0.25, 0.3) is 0 Å². The molecular formula is C18H31N3O3. The first-order valence-electron chi connectivity index (χ1n) is 9.58. The summed E-state index contributed by atoms with van der Waals surface area (Å²) in [4.78, 5) is 30.7. The Hall–Kier alpha value is -1.14. The number of carbonyl (C=O) groups is 2. The molecule has 6 nitrogen and oxygen atoms in total. The number of nitrogens with zero attached hydrogens (tertiary/aromatic N) is 3. The van der Waals surface area contributed by atoms with Crippen LogP contribution in [-0.2, 0) is 14.3 Å². The monoisotopic (exact) mass is 337 g/mol. The van der Waals surface area contributed by atoms with Gasteiger partial charge in [0.05, 0.1) is 19.8 Å². The topological polar surface area (TPSA) is 53.1 Å². The number of morpholine rings is 1. The maximum atomic E-state index is 12.3. The van der Waals surface area contributed by atoms with Crippen LogP contribution in [-0.4, -0.2) is 85.5 Å². The fourth-order valence-corrected chi connectivity index (χ4v) is 4.04. The molecule has 0 unspecified atom stereocenters. The highest BCUT2D eigenvalue weighted by molar-refractivity contribution is 5.78. The van der Waals surface area contributed by atoms with Crippen LogP contribution in [0.2, 0.25) is 0 Å². The molecule has 2 amide bonds. The van der Waals surface area contributed by atoms with Crippen LogP contribution in [0.1, 0.15) is 38.5 Å². The van der Waals surface area contributed by atoms with Crippen molar-refractivity contribution in [1.82, 2.24) is 14.7 Å². The van der Waals surface area contributed by atoms with Gasteiger partial charge in [0.2, 0.25) is 11.8 Å². The van der Waals surface area contributed by atoms with Gasteiger partial charge in [0.1, 0.15) is 0 Å². The lowest BCUT2D eigenvalue weighted by Gasteiger charge is -2.36. The summed E-state index contributed by atoms with van der Waals surface area (Å²) in [6.45, 7) is 6.33. The molecule has 2 aliphatic heterocycles. The van der Waals surface area contributed by atoms with E-state index < -0.39 is 0 Å². The van der Waals surface area contributed by atoms with Crippen molar-refractivity contribution in [2.24, 2.45) is 5.92 Å². The van der Waals surface area contributed by atoms with Gasteiger partial charge in [-0.1, -0.05) is 25.7 Å². The van der Waals surface area contributed by atoms with Gasteiger partial charge in [-0.3, -0.25) is 14.5 Å². The summed E-state index contributed by atoms with van der Waals surface area (Å²) in [5.74, 6) is 1.28. The third kappa shape index (κ3) is 4.93. The van der Waals surface area contributed by atoms with Gasteiger partial charge in [-0.2, -0.15) is 0 Å². The average Bonchev–Trinajstić information content (AvgIpc) is 3.14. The van der Waals surface area contributed by atoms with Gasteiger partial charge in [-0.15, -0.1) is 0 Å². The van der Waals surface area contributed by atoms with E-state index in [0.29, 0.717) is 45.2 Å². The highest BCUT2D eigenvalue weighted by atomic mass is 16.5. The Morgan fingerprint density at radius 2 is 1.46 bits per heavy atom. The summed E-state index contributed by atoms with van der Waals surface area (Å²) in [5, 5.41) is 0. The van der Waals surface area contributed by atoms with Crippen LogP contribution in [0.3, 0.4) is 0 Å². The van der Waals surface area contributed by atoms with E-state index in [9.17, 15) is 9.59 Å². The van der Waals surface area contributed by atoms with Crippen molar-refractivity contribution in [2.75, 3.05) is 59.0 Å². The van der Waals surface area contributed by atoms with Gasteiger partial charge >= 0.3 is 0 Å². The number of hydrogen-bond donors (Lipinski definition) is 0. The Balaban J connectivity index is 1.34. The lowest BCUT2D eigenvalue weighted by molar-refractivity contribution is -0.138. The minimum Gasteiger partial charge on any atom is -0.378 e. The van der Waals surface area contributed by atoms with E-state index in [-0.39, 0.29) is 5.91 Å². The summed E-state index contributed by atoms with van der Waals surface area (Å²) >= 11 is 0. The molecule has 6 heteroatoms. The zero-order valence-electron chi connectivity index (χ0n) is 14.8. The summed E-state index contributed by atoms with van der Waals surface area (Å²) in [5.41, 5.74) is 0. The molecule has 0 spiro atoms. The second-order valence-electron chi connectivity index (χ2n) is 7.34. The van der Waals surface area contributed by atoms with E-state index in [2.05, 4.69) is 4.90 Å². The molecule has 0 aromatic carbocycles. The van der Waals surface area contributed by atoms with Gasteiger partial charge in [0.25, 0.3) is 0 Å². The Morgan fingerprint density at radius 1 is 0.833 bits per heavy atom. The normalized spacial score (nSPS) is 23.7. The van der Waals surface area contributed by atoms with Crippen LogP contribution in [0, 0.1) is 5.92 Å². The fourth-order valence-electron chi connectivity index (χ4n) is 4.04. The van der Waals surface area contributed by atoms with Crippen molar-refractivity contribution in [3.8, 4) is 0 Å². The van der Waals surface area contributed by atoms with E-state index >= 15 is 0 Å². The zero-order valence-corrected chi connectivity index (χ0v) is 14.8. The van der Waals surface area contributed by atoms with E-state index in [4.69, 9.17) is 4.74 Å². The number of ether oxygens (including phenoxy) is 1. The van der Waals surface area contributed by atoms with Gasteiger partial charge in [-0.05, 0) is 12.3 Å². The molecule has 3 aliphatic rings. The molecule has 0 N–H and O–H groups in total. The summed E-state index contributed by atoms with van der Waals surface area (Å²) in [6, 6.07) is 0. The van der Waals surface area contributed by atoms with Crippen LogP contribution < -0.4 is 0 Å². The third-order valence-corrected chi connectivity index (χ3v) is 5.69. The quantitative estimate of drug-likeness (QED) is 0.750. The maximum Gasteiger partial charge on any atom is 0.236 e. The Bertz CT molecular complexity index is 423. The third-order valence-electron chi connectivity index (χ3n) is 5.69. The molecule has 1 saturated carbocycles. The van der Waals surface area contributed by atoms with Crippen LogP contribution in [0.4, 0.5) is 0 Å². The van der Waals surface area contributed by atoms with Crippen molar-refractivity contribution in [1.29, 1.82) is 0 Å². The van der Waals surface area contributed by atoms with Crippen LogP contribution in [0.15, 0.2) is 0 Å². The summed E-state index contributed by atoms with van der Waals surface area (Å²) < 4.78 is 5.29. The van der Waals surface area contributed by atoms with Gasteiger partial charge < -0.3 is 14.5 Å². The molecule has 2 heterocycles. The molecular weight excluding hydrogens is 306 g/mol. The highest BCUT2D eigenvalue weighted by Gasteiger charge is 2.25. The van der Waals surface area contributed by atoms with Crippen LogP contribution in [0.5, 0.6) is 0 Å². The number of carbonyl (C=O) groups excluding carboxylic acids is 2. The standard InChI is InChI=1S/C18H31N3O3/c22-17(6-5-16-3-1-2-4-16)20-9-7-19(8-10-20)15-18(23)21-11-13-24-14-12-21/h16H,1-15H2. The summed E-state index contributed by atoms with van der Waals surface area (Å²) in [6.07, 6.45) is 7.07. The predicted octanol–water partition coefficient (Wildman–Crippen LogP) is 0.960. The smallest absolute Gasteiger partial charge is 0.236 e. The van der Waals surface area contributed by atoms with Crippen molar-refractivity contribution in [3.05, 3.63) is 0 Å². The minimum absolute atomic E-state index is 0.194. The van der Waals surface area contributed by atoms with Crippen molar-refractivity contribution in [2.45, 2.75) is 38.5 Å². The Morgan fingerprint density at radius 3 is 2.12 bits per heavy atom. The molecule has 0 aromatic heterocycles. The number of hydrogen-bond acceptors (Lipinski definition) is 4. The first kappa shape index (κ1) is 17.7. The van der Waals surface area contributed by atoms with Gasteiger partial charge in [0, 0.05) is 45.7 Å². The molecule has 2 saturated heterocycles. The lowest BCUT2D eigenvalue weighted by Crippen LogP contribution is -2.52. The molecule has 0 radical (unpaired) electrons. The minimum atomic E-state index is 0.194. The maximum absolute atomic E-state index is 12.3. The van der Waals surface area contributed by atoms with Crippen molar-refractivity contribution >= 4 is 11.8 Å².